The van der Waals surface area contributed by atoms with Gasteiger partial charge in [-0.05, 0) is 85.1 Å². The minimum atomic E-state index is -3.76. The van der Waals surface area contributed by atoms with Crippen molar-refractivity contribution in [2.24, 2.45) is 5.41 Å². The number of rotatable bonds is 10. The maximum absolute atomic E-state index is 14.1. The highest BCUT2D eigenvalue weighted by Gasteiger charge is 2.67. The predicted octanol–water partition coefficient (Wildman–Crippen LogP) is 8.20. The van der Waals surface area contributed by atoms with Gasteiger partial charge >= 0.3 is 6.09 Å². The Morgan fingerprint density at radius 3 is 2.09 bits per heavy atom. The van der Waals surface area contributed by atoms with Crippen LogP contribution in [-0.2, 0) is 25.6 Å². The molecule has 1 spiro atoms. The van der Waals surface area contributed by atoms with Crippen LogP contribution in [0.4, 0.5) is 4.79 Å². The van der Waals surface area contributed by atoms with Crippen molar-refractivity contribution >= 4 is 34.8 Å². The fourth-order valence-electron chi connectivity index (χ4n) is 9.50. The molecule has 1 amide bonds. The van der Waals surface area contributed by atoms with Crippen molar-refractivity contribution in [2.75, 3.05) is 19.7 Å². The standard InChI is InChI=1S/C44H54N2O6SSi/c1-8-32-30-44-31-45(53(48,49)34-20-12-9-13-21-34)27-26-38(44)37-29-33(51-39(37)40(44)46(32)41(47)52-42(2,3)4)19-18-28-50-54(43(5,6)7,35-22-14-10-15-23-35)36-24-16-11-17-25-36/h8-17,20-25,29,32,38,40H,1,18-19,26-28,30-31H2,2-7H3/t32-,38-,40-,44-/m0/s1. The van der Waals surface area contributed by atoms with E-state index in [1.807, 2.05) is 26.8 Å². The quantitative estimate of drug-likeness (QED) is 0.0919. The summed E-state index contributed by atoms with van der Waals surface area (Å²) in [7, 11) is -6.44. The van der Waals surface area contributed by atoms with Crippen molar-refractivity contribution < 1.29 is 26.8 Å². The molecule has 4 aromatic rings. The summed E-state index contributed by atoms with van der Waals surface area (Å²) < 4.78 is 49.6. The van der Waals surface area contributed by atoms with Gasteiger partial charge in [-0.1, -0.05) is 106 Å². The van der Waals surface area contributed by atoms with Gasteiger partial charge < -0.3 is 13.6 Å². The Labute approximate surface area is 322 Å². The normalized spacial score (nSPS) is 23.1. The summed E-state index contributed by atoms with van der Waals surface area (Å²) in [6.45, 7) is 17.8. The number of carbonyl (C=O) groups is 1. The lowest BCUT2D eigenvalue weighted by molar-refractivity contribution is 0.00514. The number of sulfonamides is 1. The van der Waals surface area contributed by atoms with Crippen LogP contribution in [0.2, 0.25) is 5.04 Å². The lowest BCUT2D eigenvalue weighted by Crippen LogP contribution is -2.66. The zero-order valence-corrected chi connectivity index (χ0v) is 34.3. The SMILES string of the molecule is C=C[C@H]1C[C@]23CN(S(=O)(=O)c4ccccc4)CC[C@H]2c2cc(CCCO[Si](c4ccccc4)(c4ccccc4)C(C)(C)C)oc2[C@@H]3N1C(=O)OC(C)(C)C. The number of hydrogen-bond acceptors (Lipinski definition) is 6. The summed E-state index contributed by atoms with van der Waals surface area (Å²) in [5, 5.41) is 2.37. The van der Waals surface area contributed by atoms with E-state index in [2.05, 4.69) is 94.1 Å². The molecule has 3 aliphatic rings. The number of benzene rings is 3. The van der Waals surface area contributed by atoms with Gasteiger partial charge in [0, 0.05) is 31.5 Å². The lowest BCUT2D eigenvalue weighted by Gasteiger charge is -2.44. The van der Waals surface area contributed by atoms with Gasteiger partial charge in [0.2, 0.25) is 10.0 Å². The van der Waals surface area contributed by atoms with Crippen molar-refractivity contribution in [1.29, 1.82) is 0 Å². The Morgan fingerprint density at radius 1 is 0.944 bits per heavy atom. The van der Waals surface area contributed by atoms with Gasteiger partial charge in [-0.25, -0.2) is 13.2 Å². The van der Waals surface area contributed by atoms with E-state index in [4.69, 9.17) is 13.6 Å². The molecule has 1 aromatic heterocycles. The molecular formula is C44H54N2O6SSi. The van der Waals surface area contributed by atoms with Crippen LogP contribution in [0.3, 0.4) is 0 Å². The highest BCUT2D eigenvalue weighted by atomic mass is 32.2. The first-order chi connectivity index (χ1) is 25.6. The van der Waals surface area contributed by atoms with Crippen molar-refractivity contribution in [3.63, 3.8) is 0 Å². The maximum atomic E-state index is 14.1. The molecule has 1 aliphatic carbocycles. The molecule has 0 radical (unpaired) electrons. The van der Waals surface area contributed by atoms with Crippen LogP contribution in [0.1, 0.15) is 89.8 Å². The topological polar surface area (TPSA) is 89.3 Å². The minimum absolute atomic E-state index is 0.0143. The number of amides is 1. The second-order valence-corrected chi connectivity index (χ2v) is 23.4. The van der Waals surface area contributed by atoms with Crippen molar-refractivity contribution in [3.05, 3.63) is 127 Å². The Kier molecular flexibility index (Phi) is 10.1. The fourth-order valence-corrected chi connectivity index (χ4v) is 15.7. The van der Waals surface area contributed by atoms with Gasteiger partial charge in [0.15, 0.2) is 0 Å². The number of fused-ring (bicyclic) bond motifs is 3. The zero-order valence-electron chi connectivity index (χ0n) is 32.5. The van der Waals surface area contributed by atoms with E-state index >= 15 is 0 Å². The molecule has 7 rings (SSSR count). The van der Waals surface area contributed by atoms with Gasteiger partial charge in [0.25, 0.3) is 8.32 Å². The zero-order chi connectivity index (χ0) is 38.5. The average Bonchev–Trinajstić information content (AvgIpc) is 3.76. The summed E-state index contributed by atoms with van der Waals surface area (Å²) in [5.41, 5.74) is -0.223. The van der Waals surface area contributed by atoms with E-state index in [-0.39, 0.29) is 28.4 Å². The number of aryl methyl sites for hydroxylation is 1. The molecule has 0 saturated carbocycles. The number of hydrogen-bond donors (Lipinski definition) is 0. The molecule has 0 bridgehead atoms. The largest absolute Gasteiger partial charge is 0.464 e. The summed E-state index contributed by atoms with van der Waals surface area (Å²) in [5.74, 6) is 1.61. The highest BCUT2D eigenvalue weighted by molar-refractivity contribution is 7.89. The molecule has 3 heterocycles. The first-order valence-corrected chi connectivity index (χ1v) is 22.5. The number of furan rings is 1. The molecule has 0 N–H and O–H groups in total. The van der Waals surface area contributed by atoms with Gasteiger partial charge in [-0.2, -0.15) is 4.31 Å². The number of ether oxygens (including phenoxy) is 1. The van der Waals surface area contributed by atoms with E-state index in [0.717, 1.165) is 23.5 Å². The Balaban J connectivity index is 1.19. The first kappa shape index (κ1) is 38.3. The third-order valence-corrected chi connectivity index (χ3v) is 18.5. The Morgan fingerprint density at radius 2 is 1.54 bits per heavy atom. The van der Waals surface area contributed by atoms with Crippen molar-refractivity contribution in [1.82, 2.24) is 9.21 Å². The van der Waals surface area contributed by atoms with Gasteiger partial charge in [-0.3, -0.25) is 4.90 Å². The van der Waals surface area contributed by atoms with Crippen LogP contribution in [0.25, 0.3) is 0 Å². The molecule has 0 unspecified atom stereocenters. The second kappa shape index (κ2) is 14.3. The molecule has 8 nitrogen and oxygen atoms in total. The van der Waals surface area contributed by atoms with E-state index < -0.39 is 41.5 Å². The average molecular weight is 767 g/mol. The molecular weight excluding hydrogens is 713 g/mol. The minimum Gasteiger partial charge on any atom is -0.464 e. The van der Waals surface area contributed by atoms with E-state index in [1.165, 1.54) is 10.4 Å². The Hall–Kier alpha value is -3.96. The smallest absolute Gasteiger partial charge is 0.411 e. The van der Waals surface area contributed by atoms with Crippen molar-refractivity contribution in [2.45, 2.75) is 101 Å². The van der Waals surface area contributed by atoms with Crippen molar-refractivity contribution in [3.8, 4) is 0 Å². The third kappa shape index (κ3) is 6.59. The van der Waals surface area contributed by atoms with Crippen LogP contribution in [0.15, 0.2) is 119 Å². The van der Waals surface area contributed by atoms with Gasteiger partial charge in [0.1, 0.15) is 23.2 Å². The number of likely N-dealkylation sites (tertiary alicyclic amines) is 1. The molecule has 3 aromatic carbocycles. The maximum Gasteiger partial charge on any atom is 0.411 e. The lowest BCUT2D eigenvalue weighted by atomic mass is 9.69. The summed E-state index contributed by atoms with van der Waals surface area (Å²) in [6.07, 6.45) is 3.97. The molecule has 54 heavy (non-hydrogen) atoms. The molecule has 4 atom stereocenters. The second-order valence-electron chi connectivity index (χ2n) is 17.2. The summed E-state index contributed by atoms with van der Waals surface area (Å²) in [4.78, 5) is 16.1. The Bertz CT molecular complexity index is 2030. The number of piperidine rings is 1. The van der Waals surface area contributed by atoms with Crippen LogP contribution < -0.4 is 10.4 Å². The van der Waals surface area contributed by atoms with Gasteiger partial charge in [-0.15, -0.1) is 6.58 Å². The third-order valence-electron chi connectivity index (χ3n) is 11.6. The monoisotopic (exact) mass is 766 g/mol. The van der Waals surface area contributed by atoms with Crippen LogP contribution >= 0.6 is 0 Å². The van der Waals surface area contributed by atoms with Crippen LogP contribution in [-0.4, -0.2) is 63.4 Å². The van der Waals surface area contributed by atoms with E-state index in [9.17, 15) is 13.2 Å². The number of nitrogens with zero attached hydrogens (tertiary/aromatic N) is 2. The predicted molar refractivity (Wildman–Crippen MR) is 215 cm³/mol. The molecule has 2 aliphatic heterocycles. The molecule has 286 valence electrons. The number of carbonyl (C=O) groups excluding carboxylic acids is 1. The van der Waals surface area contributed by atoms with Crippen LogP contribution in [0.5, 0.6) is 0 Å². The van der Waals surface area contributed by atoms with Gasteiger partial charge in [0.05, 0.1) is 10.9 Å². The first-order valence-electron chi connectivity index (χ1n) is 19.2. The molecule has 2 saturated heterocycles. The molecule has 10 heteroatoms. The highest BCUT2D eigenvalue weighted by Crippen LogP contribution is 2.67. The summed E-state index contributed by atoms with van der Waals surface area (Å²) >= 11 is 0. The van der Waals surface area contributed by atoms with E-state index in [0.29, 0.717) is 32.4 Å². The summed E-state index contributed by atoms with van der Waals surface area (Å²) in [6, 6.07) is 31.3. The fraction of sp³-hybridized carbons (Fsp3) is 0.432. The van der Waals surface area contributed by atoms with Crippen LogP contribution in [0, 0.1) is 5.41 Å². The van der Waals surface area contributed by atoms with E-state index in [1.54, 1.807) is 39.5 Å². The molecule has 2 fully saturated rings.